The van der Waals surface area contributed by atoms with Gasteiger partial charge in [0.2, 0.25) is 0 Å². The number of hydrogen-bond donors (Lipinski definition) is 0. The van der Waals surface area contributed by atoms with E-state index in [1.165, 1.54) is 18.2 Å². The maximum absolute atomic E-state index is 11.9. The van der Waals surface area contributed by atoms with Gasteiger partial charge in [-0.3, -0.25) is 0 Å². The Morgan fingerprint density at radius 3 is 2.57 bits per heavy atom. The molecule has 0 saturated carbocycles. The van der Waals surface area contributed by atoms with E-state index in [9.17, 15) is 12.8 Å². The first kappa shape index (κ1) is 10.7. The molecule has 0 saturated heterocycles. The lowest BCUT2D eigenvalue weighted by Crippen LogP contribution is -2.09. The lowest BCUT2D eigenvalue weighted by Gasteiger charge is -2.02. The molecule has 0 aliphatic heterocycles. The Labute approximate surface area is 81.7 Å². The number of halogens is 1. The highest BCUT2D eigenvalue weighted by atomic mass is 32.2. The average Bonchev–Trinajstić information content (AvgIpc) is 2.18. The first-order chi connectivity index (χ1) is 6.61. The molecular weight excluding hydrogens is 205 g/mol. The number of hydrogen-bond acceptors (Lipinski definition) is 3. The molecule has 3 nitrogen and oxygen atoms in total. The topological polar surface area (TPSA) is 57.9 Å². The Morgan fingerprint density at radius 1 is 1.36 bits per heavy atom. The monoisotopic (exact) mass is 213 g/mol. The van der Waals surface area contributed by atoms with Crippen molar-refractivity contribution >= 4 is 9.84 Å². The van der Waals surface area contributed by atoms with E-state index in [1.807, 2.05) is 0 Å². The summed E-state index contributed by atoms with van der Waals surface area (Å²) < 4.78 is 34.8. The van der Waals surface area contributed by atoms with E-state index in [0.29, 0.717) is 0 Å². The predicted octanol–water partition coefficient (Wildman–Crippen LogP) is 1.30. The van der Waals surface area contributed by atoms with Crippen molar-refractivity contribution in [1.29, 1.82) is 5.26 Å². The van der Waals surface area contributed by atoms with E-state index in [2.05, 4.69) is 0 Å². The van der Waals surface area contributed by atoms with Crippen LogP contribution in [0.1, 0.15) is 5.56 Å². The molecule has 0 atom stereocenters. The number of nitrogens with zero attached hydrogens (tertiary/aromatic N) is 1. The van der Waals surface area contributed by atoms with Crippen LogP contribution in [0.3, 0.4) is 0 Å². The number of rotatable bonds is 3. The molecule has 1 aromatic carbocycles. The summed E-state index contributed by atoms with van der Waals surface area (Å²) in [6.07, 6.45) is 0. The van der Waals surface area contributed by atoms with Crippen LogP contribution in [-0.4, -0.2) is 20.8 Å². The first-order valence-corrected chi connectivity index (χ1v) is 5.55. The van der Waals surface area contributed by atoms with Crippen molar-refractivity contribution in [2.75, 3.05) is 12.4 Å². The van der Waals surface area contributed by atoms with E-state index in [4.69, 9.17) is 5.26 Å². The minimum absolute atomic E-state index is 0.0564. The third kappa shape index (κ3) is 2.09. The van der Waals surface area contributed by atoms with Crippen molar-refractivity contribution < 1.29 is 12.8 Å². The minimum atomic E-state index is -3.65. The van der Waals surface area contributed by atoms with Crippen molar-refractivity contribution in [3.05, 3.63) is 29.8 Å². The zero-order valence-electron chi connectivity index (χ0n) is 7.27. The highest BCUT2D eigenvalue weighted by Crippen LogP contribution is 2.15. The molecule has 5 heteroatoms. The highest BCUT2D eigenvalue weighted by molar-refractivity contribution is 7.91. The van der Waals surface area contributed by atoms with Crippen LogP contribution >= 0.6 is 0 Å². The molecule has 0 amide bonds. The summed E-state index contributed by atoms with van der Waals surface area (Å²) in [5.74, 6) is -0.578. The van der Waals surface area contributed by atoms with Crippen molar-refractivity contribution in [3.8, 4) is 6.07 Å². The molecule has 74 valence electrons. The fourth-order valence-electron chi connectivity index (χ4n) is 1.04. The lowest BCUT2D eigenvalue weighted by atomic mass is 10.2. The first-order valence-electron chi connectivity index (χ1n) is 3.89. The molecule has 0 bridgehead atoms. The SMILES string of the molecule is N#Cc1ccccc1S(=O)(=O)CCF. The zero-order chi connectivity index (χ0) is 10.6. The van der Waals surface area contributed by atoms with Crippen molar-refractivity contribution in [3.63, 3.8) is 0 Å². The summed E-state index contributed by atoms with van der Waals surface area (Å²) in [5, 5.41) is 8.64. The second-order valence-corrected chi connectivity index (χ2v) is 4.69. The molecular formula is C9H8FNO2S. The van der Waals surface area contributed by atoms with Gasteiger partial charge in [-0.2, -0.15) is 5.26 Å². The molecule has 0 radical (unpaired) electrons. The Morgan fingerprint density at radius 2 is 2.00 bits per heavy atom. The second-order valence-electron chi connectivity index (χ2n) is 2.62. The van der Waals surface area contributed by atoms with Crippen molar-refractivity contribution in [2.45, 2.75) is 4.90 Å². The molecule has 14 heavy (non-hydrogen) atoms. The van der Waals surface area contributed by atoms with Crippen LogP contribution < -0.4 is 0 Å². The molecule has 1 rings (SSSR count). The summed E-state index contributed by atoms with van der Waals surface area (Å²) >= 11 is 0. The van der Waals surface area contributed by atoms with Gasteiger partial charge in [0.05, 0.1) is 16.2 Å². The van der Waals surface area contributed by atoms with Crippen molar-refractivity contribution in [2.24, 2.45) is 0 Å². The summed E-state index contributed by atoms with van der Waals surface area (Å²) in [4.78, 5) is -0.0971. The van der Waals surface area contributed by atoms with Gasteiger partial charge in [0.25, 0.3) is 0 Å². The molecule has 0 N–H and O–H groups in total. The van der Waals surface area contributed by atoms with E-state index < -0.39 is 22.3 Å². The predicted molar refractivity (Wildman–Crippen MR) is 49.2 cm³/mol. The number of benzene rings is 1. The van der Waals surface area contributed by atoms with Gasteiger partial charge >= 0.3 is 0 Å². The van der Waals surface area contributed by atoms with Crippen LogP contribution in [-0.2, 0) is 9.84 Å². The summed E-state index contributed by atoms with van der Waals surface area (Å²) in [7, 11) is -3.65. The summed E-state index contributed by atoms with van der Waals surface area (Å²) in [5.41, 5.74) is 0.0564. The Hall–Kier alpha value is -1.41. The van der Waals surface area contributed by atoms with Gasteiger partial charge in [-0.05, 0) is 12.1 Å². The van der Waals surface area contributed by atoms with Crippen LogP contribution in [0.15, 0.2) is 29.2 Å². The number of nitriles is 1. The fraction of sp³-hybridized carbons (Fsp3) is 0.222. The molecule has 1 aromatic rings. The zero-order valence-corrected chi connectivity index (χ0v) is 8.09. The van der Waals surface area contributed by atoms with Gasteiger partial charge in [-0.15, -0.1) is 0 Å². The van der Waals surface area contributed by atoms with Crippen LogP contribution in [0.4, 0.5) is 4.39 Å². The van der Waals surface area contributed by atoms with Gasteiger partial charge < -0.3 is 0 Å². The summed E-state index contributed by atoms with van der Waals surface area (Å²) in [6.45, 7) is -0.942. The molecule has 0 aliphatic carbocycles. The van der Waals surface area contributed by atoms with Gasteiger partial charge in [0.1, 0.15) is 12.7 Å². The highest BCUT2D eigenvalue weighted by Gasteiger charge is 2.17. The van der Waals surface area contributed by atoms with Crippen LogP contribution in [0, 0.1) is 11.3 Å². The Bertz CT molecular complexity index is 462. The van der Waals surface area contributed by atoms with E-state index in [-0.39, 0.29) is 10.5 Å². The quantitative estimate of drug-likeness (QED) is 0.760. The van der Waals surface area contributed by atoms with E-state index in [0.717, 1.165) is 0 Å². The average molecular weight is 213 g/mol. The van der Waals surface area contributed by atoms with Gasteiger partial charge in [-0.25, -0.2) is 12.8 Å². The van der Waals surface area contributed by atoms with E-state index in [1.54, 1.807) is 12.1 Å². The molecule has 0 spiro atoms. The Kier molecular flexibility index (Phi) is 3.20. The molecule has 0 fully saturated rings. The van der Waals surface area contributed by atoms with Gasteiger partial charge in [0.15, 0.2) is 9.84 Å². The Balaban J connectivity index is 3.27. The van der Waals surface area contributed by atoms with Gasteiger partial charge in [0, 0.05) is 0 Å². The fourth-order valence-corrected chi connectivity index (χ4v) is 2.20. The number of alkyl halides is 1. The van der Waals surface area contributed by atoms with Gasteiger partial charge in [-0.1, -0.05) is 12.1 Å². The lowest BCUT2D eigenvalue weighted by molar-refractivity contribution is 0.517. The maximum Gasteiger partial charge on any atom is 0.182 e. The smallest absolute Gasteiger partial charge is 0.182 e. The number of sulfone groups is 1. The van der Waals surface area contributed by atoms with Crippen molar-refractivity contribution in [1.82, 2.24) is 0 Å². The third-order valence-electron chi connectivity index (χ3n) is 1.69. The molecule has 0 aliphatic rings. The molecule has 0 aromatic heterocycles. The molecule has 0 heterocycles. The van der Waals surface area contributed by atoms with Crippen LogP contribution in [0.5, 0.6) is 0 Å². The molecule has 0 unspecified atom stereocenters. The maximum atomic E-state index is 11.9. The standard InChI is InChI=1S/C9H8FNO2S/c10-5-6-14(12,13)9-4-2-1-3-8(9)7-11/h1-4H,5-6H2. The normalized spacial score (nSPS) is 10.9. The van der Waals surface area contributed by atoms with Crippen LogP contribution in [0.25, 0.3) is 0 Å². The van der Waals surface area contributed by atoms with Crippen LogP contribution in [0.2, 0.25) is 0 Å². The van der Waals surface area contributed by atoms with E-state index >= 15 is 0 Å². The largest absolute Gasteiger partial charge is 0.250 e. The second kappa shape index (κ2) is 4.20. The summed E-state index contributed by atoms with van der Waals surface area (Å²) in [6, 6.07) is 7.53. The third-order valence-corrected chi connectivity index (χ3v) is 3.41. The minimum Gasteiger partial charge on any atom is -0.250 e.